The van der Waals surface area contributed by atoms with Crippen molar-refractivity contribution in [1.82, 2.24) is 9.66 Å². The smallest absolute Gasteiger partial charge is 0.280 e. The molecule has 1 heterocycles. The lowest BCUT2D eigenvalue weighted by molar-refractivity contribution is 0.779. The first kappa shape index (κ1) is 13.7. The van der Waals surface area contributed by atoms with Gasteiger partial charge in [0.1, 0.15) is 0 Å². The van der Waals surface area contributed by atoms with Crippen molar-refractivity contribution in [2.24, 2.45) is 0 Å². The van der Waals surface area contributed by atoms with Crippen molar-refractivity contribution in [2.45, 2.75) is 17.8 Å². The van der Waals surface area contributed by atoms with E-state index in [-0.39, 0.29) is 5.56 Å². The normalized spacial score (nSPS) is 10.9. The Morgan fingerprint density at radius 2 is 1.95 bits per heavy atom. The number of hydrogen-bond acceptors (Lipinski definition) is 4. The van der Waals surface area contributed by atoms with Crippen LogP contribution in [0.3, 0.4) is 0 Å². The van der Waals surface area contributed by atoms with E-state index in [9.17, 15) is 4.79 Å². The minimum Gasteiger partial charge on any atom is -0.334 e. The molecule has 0 unspecified atom stereocenters. The molecule has 0 aliphatic heterocycles. The second-order valence-corrected chi connectivity index (χ2v) is 5.81. The standard InChI is InChI=1S/C16H15N3OS/c1-11-7-8-14-13(9-11)15(20)19(17)16(18-14)21-10-12-5-3-2-4-6-12/h2-9H,10,17H2,1H3. The maximum atomic E-state index is 12.3. The highest BCUT2D eigenvalue weighted by Gasteiger charge is 2.09. The van der Waals surface area contributed by atoms with Gasteiger partial charge < -0.3 is 5.84 Å². The summed E-state index contributed by atoms with van der Waals surface area (Å²) in [6.07, 6.45) is 0. The van der Waals surface area contributed by atoms with Gasteiger partial charge in [-0.25, -0.2) is 9.66 Å². The number of aromatic nitrogens is 2. The summed E-state index contributed by atoms with van der Waals surface area (Å²) in [5, 5.41) is 1.08. The summed E-state index contributed by atoms with van der Waals surface area (Å²) < 4.78 is 1.13. The average molecular weight is 297 g/mol. The largest absolute Gasteiger partial charge is 0.334 e. The molecule has 0 aliphatic carbocycles. The van der Waals surface area contributed by atoms with E-state index in [4.69, 9.17) is 5.84 Å². The first-order chi connectivity index (χ1) is 10.1. The second kappa shape index (κ2) is 5.61. The van der Waals surface area contributed by atoms with Gasteiger partial charge >= 0.3 is 0 Å². The summed E-state index contributed by atoms with van der Waals surface area (Å²) >= 11 is 1.46. The summed E-state index contributed by atoms with van der Waals surface area (Å²) in [7, 11) is 0. The molecular weight excluding hydrogens is 282 g/mol. The third-order valence-electron chi connectivity index (χ3n) is 3.23. The van der Waals surface area contributed by atoms with Crippen LogP contribution in [0.2, 0.25) is 0 Å². The highest BCUT2D eigenvalue weighted by Crippen LogP contribution is 2.21. The Labute approximate surface area is 126 Å². The van der Waals surface area contributed by atoms with Crippen LogP contribution >= 0.6 is 11.8 Å². The maximum absolute atomic E-state index is 12.3. The highest BCUT2D eigenvalue weighted by atomic mass is 32.2. The van der Waals surface area contributed by atoms with E-state index in [1.165, 1.54) is 17.3 Å². The van der Waals surface area contributed by atoms with Gasteiger partial charge in [0.25, 0.3) is 5.56 Å². The molecule has 21 heavy (non-hydrogen) atoms. The lowest BCUT2D eigenvalue weighted by Gasteiger charge is -2.08. The van der Waals surface area contributed by atoms with Crippen LogP contribution in [0.5, 0.6) is 0 Å². The first-order valence-corrected chi connectivity index (χ1v) is 7.59. The Morgan fingerprint density at radius 1 is 1.19 bits per heavy atom. The van der Waals surface area contributed by atoms with Crippen LogP contribution in [0, 0.1) is 6.92 Å². The molecule has 0 amide bonds. The molecular formula is C16H15N3OS. The van der Waals surface area contributed by atoms with Crippen molar-refractivity contribution in [2.75, 3.05) is 5.84 Å². The molecule has 0 saturated carbocycles. The van der Waals surface area contributed by atoms with Crippen LogP contribution in [0.1, 0.15) is 11.1 Å². The maximum Gasteiger partial charge on any atom is 0.280 e. The zero-order valence-corrected chi connectivity index (χ0v) is 12.4. The van der Waals surface area contributed by atoms with Crippen molar-refractivity contribution < 1.29 is 0 Å². The molecule has 3 aromatic rings. The Bertz CT molecular complexity index is 843. The zero-order valence-electron chi connectivity index (χ0n) is 11.6. The molecule has 0 fully saturated rings. The van der Waals surface area contributed by atoms with Crippen LogP contribution in [0.25, 0.3) is 10.9 Å². The SMILES string of the molecule is Cc1ccc2nc(SCc3ccccc3)n(N)c(=O)c2c1. The molecule has 0 aliphatic rings. The van der Waals surface area contributed by atoms with E-state index in [1.807, 2.05) is 55.5 Å². The quantitative estimate of drug-likeness (QED) is 0.459. The van der Waals surface area contributed by atoms with Gasteiger partial charge in [0.2, 0.25) is 0 Å². The molecule has 0 saturated heterocycles. The lowest BCUT2D eigenvalue weighted by Crippen LogP contribution is -2.29. The predicted molar refractivity (Wildman–Crippen MR) is 86.9 cm³/mol. The third-order valence-corrected chi connectivity index (χ3v) is 4.26. The molecule has 0 spiro atoms. The minimum atomic E-state index is -0.209. The van der Waals surface area contributed by atoms with Crippen LogP contribution in [0.15, 0.2) is 58.5 Å². The molecule has 106 valence electrons. The van der Waals surface area contributed by atoms with Crippen LogP contribution in [-0.4, -0.2) is 9.66 Å². The monoisotopic (exact) mass is 297 g/mol. The summed E-state index contributed by atoms with van der Waals surface area (Å²) in [6, 6.07) is 15.7. The molecule has 3 rings (SSSR count). The van der Waals surface area contributed by atoms with Crippen LogP contribution in [0.4, 0.5) is 0 Å². The van der Waals surface area contributed by atoms with Crippen molar-refractivity contribution >= 4 is 22.7 Å². The highest BCUT2D eigenvalue weighted by molar-refractivity contribution is 7.98. The van der Waals surface area contributed by atoms with E-state index in [1.54, 1.807) is 0 Å². The molecule has 0 radical (unpaired) electrons. The van der Waals surface area contributed by atoms with E-state index in [2.05, 4.69) is 4.98 Å². The minimum absolute atomic E-state index is 0.209. The Kier molecular flexibility index (Phi) is 3.66. The number of rotatable bonds is 3. The average Bonchev–Trinajstić information content (AvgIpc) is 2.51. The first-order valence-electron chi connectivity index (χ1n) is 6.60. The summed E-state index contributed by atoms with van der Waals surface area (Å²) in [5.41, 5.74) is 2.66. The molecule has 4 nitrogen and oxygen atoms in total. The molecule has 2 aromatic carbocycles. The lowest BCUT2D eigenvalue weighted by atomic mass is 10.2. The number of nitrogen functional groups attached to an aromatic ring is 1. The molecule has 0 bridgehead atoms. The van der Waals surface area contributed by atoms with Crippen LogP contribution < -0.4 is 11.4 Å². The number of hydrogen-bond donors (Lipinski definition) is 1. The van der Waals surface area contributed by atoms with E-state index >= 15 is 0 Å². The summed E-state index contributed by atoms with van der Waals surface area (Å²) in [5.74, 6) is 6.61. The van der Waals surface area contributed by atoms with E-state index in [0.717, 1.165) is 16.0 Å². The van der Waals surface area contributed by atoms with Gasteiger partial charge in [-0.3, -0.25) is 4.79 Å². The number of aryl methyl sites for hydroxylation is 1. The fourth-order valence-electron chi connectivity index (χ4n) is 2.12. The number of nitrogens with zero attached hydrogens (tertiary/aromatic N) is 2. The number of fused-ring (bicyclic) bond motifs is 1. The molecule has 5 heteroatoms. The van der Waals surface area contributed by atoms with E-state index < -0.39 is 0 Å². The van der Waals surface area contributed by atoms with Gasteiger partial charge in [-0.15, -0.1) is 0 Å². The van der Waals surface area contributed by atoms with Crippen molar-refractivity contribution in [3.63, 3.8) is 0 Å². The third kappa shape index (κ3) is 2.78. The Morgan fingerprint density at radius 3 is 2.71 bits per heavy atom. The fraction of sp³-hybridized carbons (Fsp3) is 0.125. The summed E-state index contributed by atoms with van der Waals surface area (Å²) in [4.78, 5) is 16.8. The molecule has 1 aromatic heterocycles. The Balaban J connectivity index is 1.98. The second-order valence-electron chi connectivity index (χ2n) is 4.86. The fourth-order valence-corrected chi connectivity index (χ4v) is 2.99. The van der Waals surface area contributed by atoms with Gasteiger partial charge in [-0.05, 0) is 24.6 Å². The number of benzene rings is 2. The van der Waals surface area contributed by atoms with E-state index in [0.29, 0.717) is 16.1 Å². The number of thioether (sulfide) groups is 1. The van der Waals surface area contributed by atoms with Crippen molar-refractivity contribution in [3.8, 4) is 0 Å². The van der Waals surface area contributed by atoms with Crippen LogP contribution in [-0.2, 0) is 5.75 Å². The molecule has 0 atom stereocenters. The zero-order chi connectivity index (χ0) is 14.8. The predicted octanol–water partition coefficient (Wildman–Crippen LogP) is 2.71. The van der Waals surface area contributed by atoms with Gasteiger partial charge in [0.05, 0.1) is 10.9 Å². The summed E-state index contributed by atoms with van der Waals surface area (Å²) in [6.45, 7) is 1.94. The van der Waals surface area contributed by atoms with Gasteiger partial charge in [-0.2, -0.15) is 0 Å². The van der Waals surface area contributed by atoms with Gasteiger partial charge in [-0.1, -0.05) is 53.7 Å². The Hall–Kier alpha value is -2.27. The topological polar surface area (TPSA) is 60.9 Å². The molecule has 2 N–H and O–H groups in total. The van der Waals surface area contributed by atoms with Gasteiger partial charge in [0, 0.05) is 5.75 Å². The van der Waals surface area contributed by atoms with Gasteiger partial charge in [0.15, 0.2) is 5.16 Å². The number of nitrogens with two attached hydrogens (primary N) is 1. The van der Waals surface area contributed by atoms with Crippen molar-refractivity contribution in [1.29, 1.82) is 0 Å². The van der Waals surface area contributed by atoms with Crippen molar-refractivity contribution in [3.05, 3.63) is 70.0 Å².